The summed E-state index contributed by atoms with van der Waals surface area (Å²) in [5.74, 6) is -0.0857. The van der Waals surface area contributed by atoms with E-state index in [0.29, 0.717) is 5.71 Å². The van der Waals surface area contributed by atoms with Crippen molar-refractivity contribution in [2.75, 3.05) is 0 Å². The lowest BCUT2D eigenvalue weighted by Gasteiger charge is -2.01. The maximum atomic E-state index is 12.0. The van der Waals surface area contributed by atoms with E-state index in [9.17, 15) is 4.79 Å². The molecular weight excluding hydrogens is 224 g/mol. The number of fused-ring (bicyclic) bond motifs is 3. The lowest BCUT2D eigenvalue weighted by Crippen LogP contribution is -2.10. The van der Waals surface area contributed by atoms with Crippen LogP contribution in [-0.2, 0) is 4.79 Å². The number of rotatable bonds is 0. The monoisotopic (exact) mass is 234 g/mol. The van der Waals surface area contributed by atoms with Gasteiger partial charge in [-0.05, 0) is 24.3 Å². The smallest absolute Gasteiger partial charge is 0.204 e. The topological polar surface area (TPSA) is 41.8 Å². The third-order valence-electron chi connectivity index (χ3n) is 2.77. The van der Waals surface area contributed by atoms with Gasteiger partial charge in [0.15, 0.2) is 0 Å². The van der Waals surface area contributed by atoms with Crippen molar-refractivity contribution in [2.24, 2.45) is 9.98 Å². The van der Waals surface area contributed by atoms with Crippen LogP contribution in [0.5, 0.6) is 0 Å². The summed E-state index contributed by atoms with van der Waals surface area (Å²) in [6.45, 7) is 0. The molecule has 0 N–H and O–H groups in total. The second kappa shape index (κ2) is 4.37. The average molecular weight is 234 g/mol. The van der Waals surface area contributed by atoms with Crippen molar-refractivity contribution in [1.82, 2.24) is 0 Å². The predicted molar refractivity (Wildman–Crippen MR) is 73.3 cm³/mol. The Bertz CT molecular complexity index is 661. The zero-order valence-corrected chi connectivity index (χ0v) is 9.58. The average Bonchev–Trinajstić information content (AvgIpc) is 2.77. The van der Waals surface area contributed by atoms with Gasteiger partial charge in [0.2, 0.25) is 5.78 Å². The minimum Gasteiger partial charge on any atom is -0.288 e. The van der Waals surface area contributed by atoms with Crippen LogP contribution >= 0.6 is 0 Å². The van der Waals surface area contributed by atoms with Crippen LogP contribution in [-0.4, -0.2) is 17.7 Å². The SMILES string of the molecule is O=C1\C=C/C=C\N=C\C=C2/C1=Nc1ccccc12. The summed E-state index contributed by atoms with van der Waals surface area (Å²) in [5.41, 5.74) is 3.12. The Kier molecular flexibility index (Phi) is 2.57. The molecule has 0 bridgehead atoms. The molecule has 3 heteroatoms. The van der Waals surface area contributed by atoms with Crippen LogP contribution in [0.3, 0.4) is 0 Å². The second-order valence-electron chi connectivity index (χ2n) is 3.92. The van der Waals surface area contributed by atoms with Gasteiger partial charge < -0.3 is 0 Å². The second-order valence-corrected chi connectivity index (χ2v) is 3.92. The number of hydrogen-bond acceptors (Lipinski definition) is 3. The van der Waals surface area contributed by atoms with Gasteiger partial charge in [0, 0.05) is 23.6 Å². The molecule has 2 aliphatic heterocycles. The minimum atomic E-state index is -0.0857. The largest absolute Gasteiger partial charge is 0.288 e. The highest BCUT2D eigenvalue weighted by atomic mass is 16.1. The Morgan fingerprint density at radius 3 is 2.89 bits per heavy atom. The molecule has 0 saturated heterocycles. The van der Waals surface area contributed by atoms with E-state index >= 15 is 0 Å². The number of para-hydroxylation sites is 1. The molecule has 0 atom stereocenters. The van der Waals surface area contributed by atoms with Crippen molar-refractivity contribution in [3.05, 3.63) is 60.3 Å². The molecule has 2 heterocycles. The van der Waals surface area contributed by atoms with E-state index < -0.39 is 0 Å². The summed E-state index contributed by atoms with van der Waals surface area (Å²) in [6.07, 6.45) is 10.0. The molecule has 1 aromatic carbocycles. The Morgan fingerprint density at radius 2 is 1.94 bits per heavy atom. The van der Waals surface area contributed by atoms with E-state index in [1.807, 2.05) is 30.3 Å². The molecule has 0 aromatic heterocycles. The van der Waals surface area contributed by atoms with E-state index in [0.717, 1.165) is 16.8 Å². The van der Waals surface area contributed by atoms with Gasteiger partial charge >= 0.3 is 0 Å². The molecule has 0 fully saturated rings. The van der Waals surface area contributed by atoms with E-state index in [1.165, 1.54) is 6.08 Å². The molecule has 1 aromatic rings. The highest BCUT2D eigenvalue weighted by molar-refractivity contribution is 6.61. The number of nitrogens with zero attached hydrogens (tertiary/aromatic N) is 2. The fourth-order valence-electron chi connectivity index (χ4n) is 1.95. The Labute approximate surface area is 105 Å². The van der Waals surface area contributed by atoms with Crippen LogP contribution < -0.4 is 0 Å². The van der Waals surface area contributed by atoms with Crippen molar-refractivity contribution in [3.63, 3.8) is 0 Å². The summed E-state index contributed by atoms with van der Waals surface area (Å²) in [5, 5.41) is 0. The quantitative estimate of drug-likeness (QED) is 0.680. The van der Waals surface area contributed by atoms with Gasteiger partial charge in [-0.3, -0.25) is 9.79 Å². The van der Waals surface area contributed by atoms with Gasteiger partial charge in [-0.2, -0.15) is 0 Å². The fourth-order valence-corrected chi connectivity index (χ4v) is 1.95. The van der Waals surface area contributed by atoms with Crippen molar-refractivity contribution in [2.45, 2.75) is 0 Å². The zero-order valence-electron chi connectivity index (χ0n) is 9.58. The molecule has 86 valence electrons. The van der Waals surface area contributed by atoms with E-state index in [4.69, 9.17) is 0 Å². The summed E-state index contributed by atoms with van der Waals surface area (Å²) < 4.78 is 0. The molecule has 0 saturated carbocycles. The molecule has 0 amide bonds. The lowest BCUT2D eigenvalue weighted by atomic mass is 10.00. The van der Waals surface area contributed by atoms with Gasteiger partial charge in [0.25, 0.3) is 0 Å². The maximum absolute atomic E-state index is 12.0. The van der Waals surface area contributed by atoms with Crippen molar-refractivity contribution in [1.29, 1.82) is 0 Å². The summed E-state index contributed by atoms with van der Waals surface area (Å²) in [7, 11) is 0. The molecule has 3 nitrogen and oxygen atoms in total. The first kappa shape index (κ1) is 10.6. The van der Waals surface area contributed by atoms with Crippen LogP contribution in [0, 0.1) is 0 Å². The number of allylic oxidation sites excluding steroid dienone is 5. The molecule has 18 heavy (non-hydrogen) atoms. The van der Waals surface area contributed by atoms with Crippen LogP contribution in [0.25, 0.3) is 5.57 Å². The molecular formula is C15H10N2O. The Hall–Kier alpha value is -2.55. The van der Waals surface area contributed by atoms with Crippen LogP contribution in [0.2, 0.25) is 0 Å². The highest BCUT2D eigenvalue weighted by Gasteiger charge is 2.23. The van der Waals surface area contributed by atoms with Gasteiger partial charge in [-0.15, -0.1) is 0 Å². The first-order valence-electron chi connectivity index (χ1n) is 5.66. The van der Waals surface area contributed by atoms with Crippen LogP contribution in [0.4, 0.5) is 5.69 Å². The Balaban J connectivity index is 2.18. The number of hydrogen-bond donors (Lipinski definition) is 0. The van der Waals surface area contributed by atoms with E-state index in [-0.39, 0.29) is 5.78 Å². The number of aliphatic imine (C=N–C) groups is 2. The van der Waals surface area contributed by atoms with Crippen molar-refractivity contribution < 1.29 is 4.79 Å². The first-order chi connectivity index (χ1) is 8.86. The first-order valence-corrected chi connectivity index (χ1v) is 5.66. The fraction of sp³-hybridized carbons (Fsp3) is 0. The number of carbonyl (C=O) groups is 1. The Morgan fingerprint density at radius 1 is 1.06 bits per heavy atom. The number of ketones is 1. The zero-order chi connectivity index (χ0) is 12.4. The number of benzene rings is 1. The van der Waals surface area contributed by atoms with Gasteiger partial charge in [0.05, 0.1) is 5.69 Å². The third-order valence-corrected chi connectivity index (χ3v) is 2.77. The van der Waals surface area contributed by atoms with Gasteiger partial charge in [-0.1, -0.05) is 24.3 Å². The van der Waals surface area contributed by atoms with Crippen LogP contribution in [0.1, 0.15) is 5.56 Å². The van der Waals surface area contributed by atoms with Gasteiger partial charge in [0.1, 0.15) is 5.71 Å². The molecule has 0 radical (unpaired) electrons. The molecule has 0 aliphatic carbocycles. The predicted octanol–water partition coefficient (Wildman–Crippen LogP) is 2.88. The molecule has 3 rings (SSSR count). The molecule has 0 spiro atoms. The molecule has 0 unspecified atom stereocenters. The highest BCUT2D eigenvalue weighted by Crippen LogP contribution is 2.34. The van der Waals surface area contributed by atoms with Crippen molar-refractivity contribution in [3.8, 4) is 0 Å². The van der Waals surface area contributed by atoms with E-state index in [2.05, 4.69) is 9.98 Å². The molecule has 2 aliphatic rings. The third kappa shape index (κ3) is 1.76. The summed E-state index contributed by atoms with van der Waals surface area (Å²) in [6, 6.07) is 7.72. The standard InChI is InChI=1S/C15H10N2O/c18-14-7-3-4-9-16-10-8-12-11-5-1-2-6-13(11)17-15(12)14/h1-10H/b7-3-,9-4-,12-8-,16-10+. The maximum Gasteiger partial charge on any atom is 0.204 e. The normalized spacial score (nSPS) is 25.2. The summed E-state index contributed by atoms with van der Waals surface area (Å²) >= 11 is 0. The van der Waals surface area contributed by atoms with Crippen LogP contribution in [0.15, 0.2) is 64.8 Å². The summed E-state index contributed by atoms with van der Waals surface area (Å²) in [4.78, 5) is 20.5. The van der Waals surface area contributed by atoms with E-state index in [1.54, 1.807) is 24.6 Å². The number of carbonyl (C=O) groups excluding carboxylic acids is 1. The lowest BCUT2D eigenvalue weighted by molar-refractivity contribution is -0.108. The minimum absolute atomic E-state index is 0.0857. The van der Waals surface area contributed by atoms with Crippen molar-refractivity contribution >= 4 is 29.0 Å². The van der Waals surface area contributed by atoms with Gasteiger partial charge in [-0.25, -0.2) is 4.99 Å².